The number of anilines is 1. The van der Waals surface area contributed by atoms with Crippen LogP contribution in [-0.4, -0.2) is 39.2 Å². The number of nitrogens with one attached hydrogen (secondary N) is 2. The van der Waals surface area contributed by atoms with Gasteiger partial charge in [-0.1, -0.05) is 5.92 Å². The van der Waals surface area contributed by atoms with Crippen LogP contribution in [0.15, 0.2) is 18.6 Å². The maximum absolute atomic E-state index is 11.8. The minimum Gasteiger partial charge on any atom is -0.356 e. The van der Waals surface area contributed by atoms with Crippen LogP contribution in [0.1, 0.15) is 42.1 Å². The minimum absolute atomic E-state index is 0.214. The number of amides is 1. The van der Waals surface area contributed by atoms with E-state index in [1.165, 1.54) is 0 Å². The van der Waals surface area contributed by atoms with Crippen LogP contribution >= 0.6 is 0 Å². The first-order valence-corrected chi connectivity index (χ1v) is 9.04. The number of carbonyl (C=O) groups excluding carboxylic acids is 1. The lowest BCUT2D eigenvalue weighted by Gasteiger charge is -2.17. The number of hydrogen-bond acceptors (Lipinski definition) is 5. The molecule has 2 aromatic rings. The Morgan fingerprint density at radius 2 is 2.27 bits per heavy atom. The topological polar surface area (TPSA) is 86.8 Å². The fourth-order valence-corrected chi connectivity index (χ4v) is 3.25. The van der Waals surface area contributed by atoms with E-state index in [4.69, 9.17) is 0 Å². The van der Waals surface area contributed by atoms with Crippen LogP contribution in [-0.2, 0) is 11.3 Å². The first-order valence-electron chi connectivity index (χ1n) is 9.04. The second kappa shape index (κ2) is 7.16. The minimum atomic E-state index is -0.214. The Morgan fingerprint density at radius 1 is 1.38 bits per heavy atom. The zero-order valence-electron chi connectivity index (χ0n) is 14.8. The summed E-state index contributed by atoms with van der Waals surface area (Å²) >= 11 is 0. The number of H-pyrrole nitrogens is 1. The fraction of sp³-hybridized carbons (Fsp3) is 0.474. The van der Waals surface area contributed by atoms with E-state index in [1.54, 1.807) is 12.5 Å². The average Bonchev–Trinajstić information content (AvgIpc) is 3.14. The number of aromatic amines is 1. The molecule has 2 aromatic heterocycles. The fourth-order valence-electron chi connectivity index (χ4n) is 3.25. The summed E-state index contributed by atoms with van der Waals surface area (Å²) in [7, 11) is 0. The Morgan fingerprint density at radius 3 is 3.08 bits per heavy atom. The van der Waals surface area contributed by atoms with Gasteiger partial charge in [0.15, 0.2) is 0 Å². The van der Waals surface area contributed by atoms with Gasteiger partial charge in [0, 0.05) is 54.5 Å². The van der Waals surface area contributed by atoms with Crippen molar-refractivity contribution in [1.29, 1.82) is 0 Å². The molecule has 1 atom stereocenters. The van der Waals surface area contributed by atoms with Crippen LogP contribution < -0.4 is 10.2 Å². The van der Waals surface area contributed by atoms with E-state index in [0.29, 0.717) is 18.4 Å². The normalized spacial score (nSPS) is 19.1. The van der Waals surface area contributed by atoms with Crippen molar-refractivity contribution >= 4 is 11.7 Å². The van der Waals surface area contributed by atoms with Crippen molar-refractivity contribution in [1.82, 2.24) is 25.5 Å². The van der Waals surface area contributed by atoms with Crippen molar-refractivity contribution in [3.63, 3.8) is 0 Å². The zero-order valence-corrected chi connectivity index (χ0v) is 14.8. The maximum Gasteiger partial charge on any atom is 0.296 e. The number of aryl methyl sites for hydroxylation is 1. The molecule has 3 heterocycles. The number of carbonyl (C=O) groups is 1. The lowest BCUT2D eigenvalue weighted by Crippen LogP contribution is -2.23. The van der Waals surface area contributed by atoms with E-state index < -0.39 is 0 Å². The van der Waals surface area contributed by atoms with Gasteiger partial charge < -0.3 is 10.2 Å². The Balaban J connectivity index is 1.38. The van der Waals surface area contributed by atoms with Crippen LogP contribution in [0.25, 0.3) is 0 Å². The zero-order chi connectivity index (χ0) is 17.9. The van der Waals surface area contributed by atoms with Crippen LogP contribution in [0.2, 0.25) is 0 Å². The first-order chi connectivity index (χ1) is 12.7. The van der Waals surface area contributed by atoms with Crippen molar-refractivity contribution in [3.8, 4) is 11.8 Å². The van der Waals surface area contributed by atoms with E-state index >= 15 is 0 Å². The summed E-state index contributed by atoms with van der Waals surface area (Å²) in [6, 6.07) is 2.01. The van der Waals surface area contributed by atoms with Crippen molar-refractivity contribution < 1.29 is 4.79 Å². The van der Waals surface area contributed by atoms with Gasteiger partial charge in [-0.2, -0.15) is 5.10 Å². The highest BCUT2D eigenvalue weighted by Crippen LogP contribution is 2.30. The van der Waals surface area contributed by atoms with Gasteiger partial charge in [0.2, 0.25) is 0 Å². The summed E-state index contributed by atoms with van der Waals surface area (Å²) in [5.74, 6) is 7.18. The molecule has 7 nitrogen and oxygen atoms in total. The highest BCUT2D eigenvalue weighted by molar-refractivity contribution is 5.93. The summed E-state index contributed by atoms with van der Waals surface area (Å²) in [4.78, 5) is 22.6. The monoisotopic (exact) mass is 350 g/mol. The molecular weight excluding hydrogens is 328 g/mol. The van der Waals surface area contributed by atoms with E-state index in [1.807, 2.05) is 13.0 Å². The third-order valence-corrected chi connectivity index (χ3v) is 4.87. The molecule has 7 heteroatoms. The summed E-state index contributed by atoms with van der Waals surface area (Å²) in [6.45, 7) is 4.24. The Bertz CT molecular complexity index is 860. The molecule has 134 valence electrons. The molecule has 1 saturated carbocycles. The van der Waals surface area contributed by atoms with Gasteiger partial charge >= 0.3 is 0 Å². The number of nitrogens with zero attached hydrogens (tertiary/aromatic N) is 4. The summed E-state index contributed by atoms with van der Waals surface area (Å²) < 4.78 is 0. The van der Waals surface area contributed by atoms with Gasteiger partial charge in [-0.3, -0.25) is 9.89 Å². The Labute approximate surface area is 152 Å². The lowest BCUT2D eigenvalue weighted by atomic mass is 10.0. The molecule has 1 saturated heterocycles. The molecular formula is C19H22N6O. The molecule has 1 amide bonds. The molecule has 0 aromatic carbocycles. The molecule has 0 spiro atoms. The highest BCUT2D eigenvalue weighted by Gasteiger charge is 2.28. The van der Waals surface area contributed by atoms with E-state index in [9.17, 15) is 4.79 Å². The lowest BCUT2D eigenvalue weighted by molar-refractivity contribution is -0.115. The maximum atomic E-state index is 11.8. The molecule has 2 aliphatic rings. The number of aromatic nitrogens is 4. The quantitative estimate of drug-likeness (QED) is 0.817. The molecule has 0 bridgehead atoms. The predicted octanol–water partition coefficient (Wildman–Crippen LogP) is 1.53. The van der Waals surface area contributed by atoms with E-state index in [0.717, 1.165) is 55.1 Å². The summed E-state index contributed by atoms with van der Waals surface area (Å²) in [6.07, 6.45) is 6.67. The number of hydrogen-bond donors (Lipinski definition) is 2. The van der Waals surface area contributed by atoms with Crippen molar-refractivity contribution in [2.24, 2.45) is 5.92 Å². The van der Waals surface area contributed by atoms with Crippen molar-refractivity contribution in [3.05, 3.63) is 35.5 Å². The molecule has 2 N–H and O–H groups in total. The molecule has 1 aliphatic heterocycles. The first kappa shape index (κ1) is 16.6. The van der Waals surface area contributed by atoms with E-state index in [2.05, 4.69) is 42.2 Å². The standard InChI is InChI=1S/C19H22N6O/c1-13-8-17(22-12-21-13)25-7-6-15(11-25)19-16(10-23-24-19)9-20-18(26)5-4-14-2-3-14/h8,10,12,14-15H,2-3,6-7,9,11H2,1H3,(H,20,26)(H,23,24). The summed E-state index contributed by atoms with van der Waals surface area (Å²) in [5.41, 5.74) is 3.08. The third-order valence-electron chi connectivity index (χ3n) is 4.87. The summed E-state index contributed by atoms with van der Waals surface area (Å²) in [5, 5.41) is 10.2. The van der Waals surface area contributed by atoms with Gasteiger partial charge in [0.25, 0.3) is 5.91 Å². The SMILES string of the molecule is Cc1cc(N2CCC(c3[nH]ncc3CNC(=O)C#CC3CC3)C2)ncn1. The molecule has 1 unspecified atom stereocenters. The van der Waals surface area contributed by atoms with E-state index in [-0.39, 0.29) is 5.91 Å². The van der Waals surface area contributed by atoms with Crippen LogP contribution in [0.4, 0.5) is 5.82 Å². The number of rotatable bonds is 4. The van der Waals surface area contributed by atoms with Gasteiger partial charge in [-0.05, 0) is 32.1 Å². The second-order valence-electron chi connectivity index (χ2n) is 6.98. The Hall–Kier alpha value is -2.88. The highest BCUT2D eigenvalue weighted by atomic mass is 16.1. The molecule has 4 rings (SSSR count). The van der Waals surface area contributed by atoms with Gasteiger partial charge in [0.1, 0.15) is 12.1 Å². The smallest absolute Gasteiger partial charge is 0.296 e. The van der Waals surface area contributed by atoms with Gasteiger partial charge in [-0.15, -0.1) is 0 Å². The van der Waals surface area contributed by atoms with Crippen LogP contribution in [0.5, 0.6) is 0 Å². The molecule has 2 fully saturated rings. The Kier molecular flexibility index (Phi) is 4.57. The predicted molar refractivity (Wildman–Crippen MR) is 97.3 cm³/mol. The third kappa shape index (κ3) is 3.85. The molecule has 0 radical (unpaired) electrons. The van der Waals surface area contributed by atoms with Gasteiger partial charge in [0.05, 0.1) is 6.20 Å². The van der Waals surface area contributed by atoms with Crippen LogP contribution in [0.3, 0.4) is 0 Å². The molecule has 26 heavy (non-hydrogen) atoms. The van der Waals surface area contributed by atoms with Crippen LogP contribution in [0, 0.1) is 24.7 Å². The van der Waals surface area contributed by atoms with Crippen molar-refractivity contribution in [2.75, 3.05) is 18.0 Å². The van der Waals surface area contributed by atoms with Gasteiger partial charge in [-0.25, -0.2) is 9.97 Å². The van der Waals surface area contributed by atoms with Crippen molar-refractivity contribution in [2.45, 2.75) is 38.6 Å². The average molecular weight is 350 g/mol. The largest absolute Gasteiger partial charge is 0.356 e. The second-order valence-corrected chi connectivity index (χ2v) is 6.98. The molecule has 1 aliphatic carbocycles.